The zero-order chi connectivity index (χ0) is 24.7. The zero-order valence-corrected chi connectivity index (χ0v) is 19.6. The summed E-state index contributed by atoms with van der Waals surface area (Å²) in [4.78, 5) is 24.0. The molecule has 36 heavy (non-hydrogen) atoms. The van der Waals surface area contributed by atoms with E-state index in [9.17, 15) is 9.59 Å². The van der Waals surface area contributed by atoms with E-state index in [4.69, 9.17) is 4.74 Å². The summed E-state index contributed by atoms with van der Waals surface area (Å²) in [6, 6.07) is 22.9. The Hall–Kier alpha value is -4.65. The van der Waals surface area contributed by atoms with Gasteiger partial charge in [0.15, 0.2) is 0 Å². The lowest BCUT2D eigenvalue weighted by Crippen LogP contribution is -2.23. The van der Waals surface area contributed by atoms with E-state index < -0.39 is 0 Å². The van der Waals surface area contributed by atoms with Crippen molar-refractivity contribution in [3.63, 3.8) is 0 Å². The molecule has 7 heteroatoms. The fourth-order valence-corrected chi connectivity index (χ4v) is 3.68. The number of carbonyl (C=O) groups excluding carboxylic acids is 2. The molecule has 0 radical (unpaired) electrons. The van der Waals surface area contributed by atoms with Crippen LogP contribution in [-0.4, -0.2) is 28.6 Å². The molecule has 1 fully saturated rings. The molecule has 5 rings (SSSR count). The van der Waals surface area contributed by atoms with Gasteiger partial charge in [-0.15, -0.1) is 0 Å². The second-order valence-corrected chi connectivity index (χ2v) is 8.70. The van der Waals surface area contributed by atoms with Gasteiger partial charge in [-0.05, 0) is 54.7 Å². The average molecular weight is 479 g/mol. The third-order valence-electron chi connectivity index (χ3n) is 5.78. The first-order chi connectivity index (χ1) is 17.6. The molecule has 0 saturated heterocycles. The van der Waals surface area contributed by atoms with Crippen molar-refractivity contribution in [3.8, 4) is 11.5 Å². The van der Waals surface area contributed by atoms with Crippen LogP contribution >= 0.6 is 0 Å². The Kier molecular flexibility index (Phi) is 6.89. The van der Waals surface area contributed by atoms with Crippen LogP contribution in [-0.2, 0) is 9.59 Å². The number of anilines is 1. The number of carbonyl (C=O) groups is 2. The highest BCUT2D eigenvalue weighted by atomic mass is 16.5. The summed E-state index contributed by atoms with van der Waals surface area (Å²) in [5.74, 6) is 1.15. The maximum Gasteiger partial charge on any atom is 0.248 e. The number of fused-ring (bicyclic) bond motifs is 1. The van der Waals surface area contributed by atoms with Crippen molar-refractivity contribution in [2.75, 3.05) is 11.9 Å². The second-order valence-electron chi connectivity index (χ2n) is 8.70. The summed E-state index contributed by atoms with van der Waals surface area (Å²) >= 11 is 0. The minimum atomic E-state index is -0.385. The molecular weight excluding hydrogens is 452 g/mol. The predicted molar refractivity (Wildman–Crippen MR) is 141 cm³/mol. The summed E-state index contributed by atoms with van der Waals surface area (Å²) in [6.45, 7) is 0.667. The highest BCUT2D eigenvalue weighted by molar-refractivity contribution is 6.03. The minimum absolute atomic E-state index is 0.262. The van der Waals surface area contributed by atoms with Gasteiger partial charge >= 0.3 is 0 Å². The van der Waals surface area contributed by atoms with Crippen molar-refractivity contribution in [2.45, 2.75) is 12.8 Å². The number of amides is 2. The van der Waals surface area contributed by atoms with Gasteiger partial charge in [-0.25, -0.2) is 0 Å². The van der Waals surface area contributed by atoms with E-state index in [0.29, 0.717) is 29.6 Å². The molecule has 2 amide bonds. The van der Waals surface area contributed by atoms with Gasteiger partial charge in [-0.1, -0.05) is 42.5 Å². The summed E-state index contributed by atoms with van der Waals surface area (Å²) < 4.78 is 6.01. The Morgan fingerprint density at radius 2 is 1.72 bits per heavy atom. The van der Waals surface area contributed by atoms with E-state index >= 15 is 0 Å². The number of rotatable bonds is 9. The van der Waals surface area contributed by atoms with E-state index in [1.165, 1.54) is 12.2 Å². The van der Waals surface area contributed by atoms with E-state index in [1.54, 1.807) is 18.2 Å². The number of hydrogen-bond acceptors (Lipinski definition) is 4. The normalized spacial score (nSPS) is 13.3. The molecule has 7 nitrogen and oxygen atoms in total. The number of hydrogen-bond donors (Lipinski definition) is 3. The van der Waals surface area contributed by atoms with Crippen LogP contribution in [0.2, 0.25) is 0 Å². The Morgan fingerprint density at radius 1 is 0.917 bits per heavy atom. The van der Waals surface area contributed by atoms with E-state index in [0.717, 1.165) is 35.0 Å². The van der Waals surface area contributed by atoms with Gasteiger partial charge in [0.1, 0.15) is 11.5 Å². The van der Waals surface area contributed by atoms with E-state index in [-0.39, 0.29) is 11.8 Å². The lowest BCUT2D eigenvalue weighted by molar-refractivity contribution is -0.117. The molecule has 1 aromatic heterocycles. The molecule has 1 aliphatic rings. The SMILES string of the molecule is O=C(/C=C/C(=O)Nc1cccc(Oc2ccc3c(/C=C/c4ccccc4)n[nH]c3c2)c1)NCC1CC1. The van der Waals surface area contributed by atoms with Gasteiger partial charge < -0.3 is 15.4 Å². The fraction of sp³-hybridized carbons (Fsp3) is 0.138. The Morgan fingerprint density at radius 3 is 2.56 bits per heavy atom. The van der Waals surface area contributed by atoms with Crippen LogP contribution in [0, 0.1) is 5.92 Å². The number of nitrogens with one attached hydrogen (secondary N) is 3. The molecule has 0 spiro atoms. The van der Waals surface area contributed by atoms with Gasteiger partial charge in [-0.3, -0.25) is 14.7 Å². The molecule has 180 valence electrons. The maximum atomic E-state index is 12.2. The number of ether oxygens (including phenoxy) is 1. The van der Waals surface area contributed by atoms with Crippen molar-refractivity contribution in [2.24, 2.45) is 5.92 Å². The van der Waals surface area contributed by atoms with Crippen LogP contribution in [0.4, 0.5) is 5.69 Å². The summed E-state index contributed by atoms with van der Waals surface area (Å²) in [5.41, 5.74) is 3.37. The topological polar surface area (TPSA) is 96.1 Å². The second kappa shape index (κ2) is 10.7. The van der Waals surface area contributed by atoms with Crippen molar-refractivity contribution >= 4 is 40.6 Å². The quantitative estimate of drug-likeness (QED) is 0.275. The third kappa shape index (κ3) is 6.27. The summed E-state index contributed by atoms with van der Waals surface area (Å²) in [6.07, 6.45) is 8.80. The molecule has 1 aliphatic carbocycles. The van der Waals surface area contributed by atoms with Crippen LogP contribution in [0.15, 0.2) is 84.9 Å². The van der Waals surface area contributed by atoms with E-state index in [1.807, 2.05) is 66.7 Å². The highest BCUT2D eigenvalue weighted by Gasteiger charge is 2.21. The highest BCUT2D eigenvalue weighted by Crippen LogP contribution is 2.29. The number of aromatic amines is 1. The number of H-pyrrole nitrogens is 1. The molecule has 0 atom stereocenters. The van der Waals surface area contributed by atoms with Crippen molar-refractivity contribution < 1.29 is 14.3 Å². The van der Waals surface area contributed by atoms with Crippen LogP contribution in [0.25, 0.3) is 23.1 Å². The van der Waals surface area contributed by atoms with Crippen LogP contribution in [0.5, 0.6) is 11.5 Å². The molecule has 3 aromatic carbocycles. The van der Waals surface area contributed by atoms with Gasteiger partial charge in [0.25, 0.3) is 0 Å². The first-order valence-electron chi connectivity index (χ1n) is 11.9. The van der Waals surface area contributed by atoms with Crippen LogP contribution < -0.4 is 15.4 Å². The molecule has 3 N–H and O–H groups in total. The number of nitrogens with zero attached hydrogens (tertiary/aromatic N) is 1. The first kappa shape index (κ1) is 23.1. The first-order valence-corrected chi connectivity index (χ1v) is 11.9. The zero-order valence-electron chi connectivity index (χ0n) is 19.6. The average Bonchev–Trinajstić information content (AvgIpc) is 3.64. The minimum Gasteiger partial charge on any atom is -0.457 e. The molecular formula is C29H26N4O3. The number of benzene rings is 3. The number of aromatic nitrogens is 2. The lowest BCUT2D eigenvalue weighted by atomic mass is 10.1. The Labute approximate surface area is 208 Å². The smallest absolute Gasteiger partial charge is 0.248 e. The van der Waals surface area contributed by atoms with Crippen LogP contribution in [0.1, 0.15) is 24.1 Å². The molecule has 0 unspecified atom stereocenters. The fourth-order valence-electron chi connectivity index (χ4n) is 3.68. The van der Waals surface area contributed by atoms with Gasteiger partial charge in [0.05, 0.1) is 11.2 Å². The lowest BCUT2D eigenvalue weighted by Gasteiger charge is -2.08. The van der Waals surface area contributed by atoms with Crippen molar-refractivity contribution in [3.05, 3.63) is 96.2 Å². The Bertz CT molecular complexity index is 1440. The maximum absolute atomic E-state index is 12.2. The van der Waals surface area contributed by atoms with Crippen molar-refractivity contribution in [1.29, 1.82) is 0 Å². The molecule has 1 heterocycles. The largest absolute Gasteiger partial charge is 0.457 e. The molecule has 0 aliphatic heterocycles. The third-order valence-corrected chi connectivity index (χ3v) is 5.78. The van der Waals surface area contributed by atoms with Gasteiger partial charge in [0, 0.05) is 41.9 Å². The van der Waals surface area contributed by atoms with Gasteiger partial charge in [0.2, 0.25) is 11.8 Å². The van der Waals surface area contributed by atoms with Crippen LogP contribution in [0.3, 0.4) is 0 Å². The monoisotopic (exact) mass is 478 g/mol. The molecule has 4 aromatic rings. The summed E-state index contributed by atoms with van der Waals surface area (Å²) in [7, 11) is 0. The van der Waals surface area contributed by atoms with E-state index in [2.05, 4.69) is 20.8 Å². The van der Waals surface area contributed by atoms with Crippen molar-refractivity contribution in [1.82, 2.24) is 15.5 Å². The molecule has 0 bridgehead atoms. The van der Waals surface area contributed by atoms with Gasteiger partial charge in [-0.2, -0.15) is 5.10 Å². The Balaban J connectivity index is 1.20. The summed E-state index contributed by atoms with van der Waals surface area (Å²) in [5, 5.41) is 14.0. The molecule has 1 saturated carbocycles. The standard InChI is InChI=1S/C29H26N4O3/c34-28(30-19-21-9-10-21)15-16-29(35)31-22-7-4-8-23(17-22)36-24-12-13-25-26(32-33-27(25)18-24)14-11-20-5-2-1-3-6-20/h1-8,11-18,21H,9-10,19H2,(H,30,34)(H,31,35)(H,32,33)/b14-11+,16-15+. The predicted octanol–water partition coefficient (Wildman–Crippen LogP) is 5.55.